The lowest BCUT2D eigenvalue weighted by Crippen LogP contribution is -1.91. The van der Waals surface area contributed by atoms with Gasteiger partial charge in [-0.05, 0) is 41.9 Å². The second kappa shape index (κ2) is 4.63. The van der Waals surface area contributed by atoms with Gasteiger partial charge in [-0.3, -0.25) is 0 Å². The van der Waals surface area contributed by atoms with Gasteiger partial charge in [-0.25, -0.2) is 0 Å². The fourth-order valence-electron chi connectivity index (χ4n) is 1.89. The van der Waals surface area contributed by atoms with Crippen molar-refractivity contribution in [3.8, 4) is 0 Å². The molecule has 1 nitrogen and oxygen atoms in total. The van der Waals surface area contributed by atoms with E-state index in [4.69, 9.17) is 5.11 Å². The zero-order valence-electron chi connectivity index (χ0n) is 9.24. The predicted octanol–water partition coefficient (Wildman–Crippen LogP) is 3.35. The largest absolute Gasteiger partial charge is 0.392 e. The van der Waals surface area contributed by atoms with Crippen LogP contribution >= 0.6 is 0 Å². The zero-order chi connectivity index (χ0) is 10.7. The lowest BCUT2D eigenvalue weighted by atomic mass is 10.0. The maximum absolute atomic E-state index is 9.16. The summed E-state index contributed by atoms with van der Waals surface area (Å²) < 4.78 is 0. The Morgan fingerprint density at radius 2 is 2.13 bits per heavy atom. The zero-order valence-corrected chi connectivity index (χ0v) is 9.24. The molecule has 80 valence electrons. The molecule has 0 heterocycles. The van der Waals surface area contributed by atoms with Crippen LogP contribution in [0.15, 0.2) is 29.8 Å². The molecule has 0 unspecified atom stereocenters. The highest BCUT2D eigenvalue weighted by Crippen LogP contribution is 2.42. The van der Waals surface area contributed by atoms with Crippen molar-refractivity contribution in [2.24, 2.45) is 0 Å². The van der Waals surface area contributed by atoms with Crippen molar-refractivity contribution in [1.82, 2.24) is 0 Å². The standard InChI is InChI=1S/C14H18O/c1-2-11(10-15)9-13-5-3-4-6-14(13)12-7-8-12/h3-6,9,12,15H,2,7-8,10H2,1H3. The molecular weight excluding hydrogens is 184 g/mol. The molecule has 0 aromatic heterocycles. The van der Waals surface area contributed by atoms with Crippen LogP contribution in [0.25, 0.3) is 6.08 Å². The van der Waals surface area contributed by atoms with E-state index in [2.05, 4.69) is 37.3 Å². The molecule has 1 aliphatic carbocycles. The molecule has 1 aromatic rings. The number of aliphatic hydroxyl groups excluding tert-OH is 1. The van der Waals surface area contributed by atoms with Crippen molar-refractivity contribution in [2.75, 3.05) is 6.61 Å². The number of hydrogen-bond acceptors (Lipinski definition) is 1. The molecule has 0 saturated heterocycles. The van der Waals surface area contributed by atoms with Crippen LogP contribution in [0.2, 0.25) is 0 Å². The van der Waals surface area contributed by atoms with E-state index in [1.807, 2.05) is 0 Å². The molecule has 1 aromatic carbocycles. The van der Waals surface area contributed by atoms with Crippen molar-refractivity contribution in [1.29, 1.82) is 0 Å². The number of hydrogen-bond donors (Lipinski definition) is 1. The van der Waals surface area contributed by atoms with Gasteiger partial charge in [0, 0.05) is 0 Å². The van der Waals surface area contributed by atoms with Crippen LogP contribution in [0.4, 0.5) is 0 Å². The van der Waals surface area contributed by atoms with Gasteiger partial charge in [-0.2, -0.15) is 0 Å². The fourth-order valence-corrected chi connectivity index (χ4v) is 1.89. The average Bonchev–Trinajstić information content (AvgIpc) is 3.10. The Labute approximate surface area is 91.4 Å². The first-order valence-corrected chi connectivity index (χ1v) is 5.74. The Hall–Kier alpha value is -1.08. The van der Waals surface area contributed by atoms with E-state index in [1.165, 1.54) is 24.0 Å². The number of rotatable bonds is 4. The van der Waals surface area contributed by atoms with E-state index in [-0.39, 0.29) is 6.61 Å². The number of aliphatic hydroxyl groups is 1. The highest BCUT2D eigenvalue weighted by Gasteiger charge is 2.24. The van der Waals surface area contributed by atoms with Crippen molar-refractivity contribution in [2.45, 2.75) is 32.1 Å². The normalized spacial score (nSPS) is 16.8. The first-order chi connectivity index (χ1) is 7.35. The van der Waals surface area contributed by atoms with Crippen LogP contribution in [0.1, 0.15) is 43.2 Å². The van der Waals surface area contributed by atoms with Crippen LogP contribution < -0.4 is 0 Å². The van der Waals surface area contributed by atoms with Crippen molar-refractivity contribution < 1.29 is 5.11 Å². The van der Waals surface area contributed by atoms with Crippen LogP contribution in [-0.2, 0) is 0 Å². The van der Waals surface area contributed by atoms with Gasteiger partial charge < -0.3 is 5.11 Å². The lowest BCUT2D eigenvalue weighted by Gasteiger charge is -2.06. The summed E-state index contributed by atoms with van der Waals surface area (Å²) in [7, 11) is 0. The minimum Gasteiger partial charge on any atom is -0.392 e. The maximum atomic E-state index is 9.16. The van der Waals surface area contributed by atoms with E-state index in [0.717, 1.165) is 17.9 Å². The highest BCUT2D eigenvalue weighted by molar-refractivity contribution is 5.58. The monoisotopic (exact) mass is 202 g/mol. The van der Waals surface area contributed by atoms with Crippen molar-refractivity contribution in [3.63, 3.8) is 0 Å². The summed E-state index contributed by atoms with van der Waals surface area (Å²) in [6.45, 7) is 2.26. The first kappa shape index (κ1) is 10.4. The Kier molecular flexibility index (Phi) is 3.22. The van der Waals surface area contributed by atoms with Gasteiger partial charge in [-0.15, -0.1) is 0 Å². The molecule has 0 aliphatic heterocycles. The van der Waals surface area contributed by atoms with Gasteiger partial charge in [-0.1, -0.05) is 37.3 Å². The third kappa shape index (κ3) is 2.48. The molecule has 2 rings (SSSR count). The minimum atomic E-state index is 0.176. The van der Waals surface area contributed by atoms with Gasteiger partial charge in [0.15, 0.2) is 0 Å². The Balaban J connectivity index is 2.30. The molecule has 1 N–H and O–H groups in total. The lowest BCUT2D eigenvalue weighted by molar-refractivity contribution is 0.329. The molecule has 0 atom stereocenters. The molecular formula is C14H18O. The predicted molar refractivity (Wildman–Crippen MR) is 63.8 cm³/mol. The SMILES string of the molecule is CCC(=Cc1ccccc1C1CC1)CO. The smallest absolute Gasteiger partial charge is 0.0644 e. The third-order valence-electron chi connectivity index (χ3n) is 3.03. The van der Waals surface area contributed by atoms with Crippen LogP contribution in [-0.4, -0.2) is 11.7 Å². The third-order valence-corrected chi connectivity index (χ3v) is 3.03. The van der Waals surface area contributed by atoms with E-state index < -0.39 is 0 Å². The fraction of sp³-hybridized carbons (Fsp3) is 0.429. The van der Waals surface area contributed by atoms with Gasteiger partial charge >= 0.3 is 0 Å². The molecule has 0 bridgehead atoms. The molecule has 1 aliphatic rings. The molecule has 0 spiro atoms. The maximum Gasteiger partial charge on any atom is 0.0644 e. The van der Waals surface area contributed by atoms with Gasteiger partial charge in [0.1, 0.15) is 0 Å². The summed E-state index contributed by atoms with van der Waals surface area (Å²) in [6, 6.07) is 8.55. The van der Waals surface area contributed by atoms with E-state index in [9.17, 15) is 0 Å². The Morgan fingerprint density at radius 1 is 1.40 bits per heavy atom. The molecule has 1 heteroatoms. The number of benzene rings is 1. The minimum absolute atomic E-state index is 0.176. The van der Waals surface area contributed by atoms with Gasteiger partial charge in [0.2, 0.25) is 0 Å². The second-order valence-electron chi connectivity index (χ2n) is 4.22. The summed E-state index contributed by atoms with van der Waals surface area (Å²) in [5.41, 5.74) is 3.87. The highest BCUT2D eigenvalue weighted by atomic mass is 16.3. The molecule has 0 radical (unpaired) electrons. The molecule has 15 heavy (non-hydrogen) atoms. The summed E-state index contributed by atoms with van der Waals surface area (Å²) in [5, 5.41) is 9.16. The average molecular weight is 202 g/mol. The molecule has 1 fully saturated rings. The first-order valence-electron chi connectivity index (χ1n) is 5.74. The summed E-state index contributed by atoms with van der Waals surface area (Å²) in [6.07, 6.45) is 5.72. The van der Waals surface area contributed by atoms with E-state index in [1.54, 1.807) is 0 Å². The van der Waals surface area contributed by atoms with Crippen molar-refractivity contribution >= 4 is 6.08 Å². The van der Waals surface area contributed by atoms with Crippen LogP contribution in [0.5, 0.6) is 0 Å². The quantitative estimate of drug-likeness (QED) is 0.793. The topological polar surface area (TPSA) is 20.2 Å². The van der Waals surface area contributed by atoms with Crippen LogP contribution in [0, 0.1) is 0 Å². The van der Waals surface area contributed by atoms with Gasteiger partial charge in [0.25, 0.3) is 0 Å². The van der Waals surface area contributed by atoms with E-state index >= 15 is 0 Å². The summed E-state index contributed by atoms with van der Waals surface area (Å²) in [4.78, 5) is 0. The van der Waals surface area contributed by atoms with Crippen molar-refractivity contribution in [3.05, 3.63) is 41.0 Å². The Bertz CT molecular complexity index is 355. The van der Waals surface area contributed by atoms with E-state index in [0.29, 0.717) is 0 Å². The second-order valence-corrected chi connectivity index (χ2v) is 4.22. The molecule has 1 saturated carbocycles. The summed E-state index contributed by atoms with van der Waals surface area (Å²) >= 11 is 0. The molecule has 0 amide bonds. The Morgan fingerprint density at radius 3 is 2.73 bits per heavy atom. The van der Waals surface area contributed by atoms with Gasteiger partial charge in [0.05, 0.1) is 6.61 Å². The van der Waals surface area contributed by atoms with Crippen LogP contribution in [0.3, 0.4) is 0 Å². The summed E-state index contributed by atoms with van der Waals surface area (Å²) in [5.74, 6) is 0.772.